The Morgan fingerprint density at radius 3 is 2.67 bits per heavy atom. The average Bonchev–Trinajstić information content (AvgIpc) is 2.41. The minimum atomic E-state index is 0.429. The highest BCUT2D eigenvalue weighted by atomic mass is 15.2. The normalized spacial score (nSPS) is 18.1. The van der Waals surface area contributed by atoms with Crippen molar-refractivity contribution in [3.8, 4) is 0 Å². The molecule has 1 heterocycles. The Morgan fingerprint density at radius 1 is 1.06 bits per heavy atom. The molecule has 4 nitrogen and oxygen atoms in total. The zero-order valence-corrected chi connectivity index (χ0v) is 10.1. The van der Waals surface area contributed by atoms with E-state index < -0.39 is 0 Å². The Labute approximate surface area is 106 Å². The van der Waals surface area contributed by atoms with Crippen LogP contribution in [0.1, 0.15) is 17.5 Å². The number of hydrogen-bond donors (Lipinski definition) is 2. The lowest BCUT2D eigenvalue weighted by Crippen LogP contribution is -2.27. The van der Waals surface area contributed by atoms with E-state index in [1.54, 1.807) is 6.07 Å². The third kappa shape index (κ3) is 2.27. The van der Waals surface area contributed by atoms with Crippen LogP contribution in [0.15, 0.2) is 36.4 Å². The quantitative estimate of drug-likeness (QED) is 0.843. The minimum Gasteiger partial charge on any atom is -0.382 e. The number of benzene rings is 1. The molecule has 1 aromatic carbocycles. The number of nitrogens with zero attached hydrogens (tertiary/aromatic N) is 2. The van der Waals surface area contributed by atoms with E-state index in [2.05, 4.69) is 39.8 Å². The first kappa shape index (κ1) is 11.0. The summed E-state index contributed by atoms with van der Waals surface area (Å²) in [6, 6.07) is 12.7. The monoisotopic (exact) mass is 240 g/mol. The number of hydrogen-bond acceptors (Lipinski definition) is 4. The van der Waals surface area contributed by atoms with E-state index in [1.807, 2.05) is 6.07 Å². The number of nitrogens with two attached hydrogens (primary N) is 1. The zero-order chi connectivity index (χ0) is 12.4. The molecular formula is C14H16N4. The van der Waals surface area contributed by atoms with Gasteiger partial charge in [0.2, 0.25) is 0 Å². The van der Waals surface area contributed by atoms with Crippen LogP contribution in [0.2, 0.25) is 0 Å². The molecule has 3 N–H and O–H groups in total. The van der Waals surface area contributed by atoms with Gasteiger partial charge in [-0.2, -0.15) is 0 Å². The Hall–Kier alpha value is -2.10. The summed E-state index contributed by atoms with van der Waals surface area (Å²) in [5.74, 6) is 1.25. The van der Waals surface area contributed by atoms with E-state index in [1.165, 1.54) is 11.1 Å². The first-order valence-corrected chi connectivity index (χ1v) is 6.24. The Morgan fingerprint density at radius 2 is 1.89 bits per heavy atom. The fourth-order valence-corrected chi connectivity index (χ4v) is 2.45. The molecule has 0 fully saturated rings. The summed E-state index contributed by atoms with van der Waals surface area (Å²) < 4.78 is 0. The topological polar surface area (TPSA) is 63.8 Å². The summed E-state index contributed by atoms with van der Waals surface area (Å²) in [4.78, 5) is 0. The van der Waals surface area contributed by atoms with Gasteiger partial charge in [-0.15, -0.1) is 10.2 Å². The van der Waals surface area contributed by atoms with Crippen LogP contribution < -0.4 is 11.1 Å². The van der Waals surface area contributed by atoms with Gasteiger partial charge in [0, 0.05) is 6.04 Å². The third-order valence-electron chi connectivity index (χ3n) is 3.38. The second-order valence-electron chi connectivity index (χ2n) is 4.70. The molecule has 1 aliphatic rings. The fourth-order valence-electron chi connectivity index (χ4n) is 2.45. The molecule has 3 rings (SSSR count). The Kier molecular flexibility index (Phi) is 2.84. The highest BCUT2D eigenvalue weighted by molar-refractivity contribution is 5.41. The molecular weight excluding hydrogens is 224 g/mol. The molecule has 92 valence electrons. The SMILES string of the molecule is Nc1ccc(NC2CCc3ccccc3C2)nn1. The molecule has 1 aliphatic carbocycles. The molecule has 0 saturated carbocycles. The lowest BCUT2D eigenvalue weighted by Gasteiger charge is -2.25. The number of aryl methyl sites for hydroxylation is 1. The van der Waals surface area contributed by atoms with Gasteiger partial charge < -0.3 is 11.1 Å². The maximum atomic E-state index is 5.52. The molecule has 0 saturated heterocycles. The van der Waals surface area contributed by atoms with Crippen LogP contribution >= 0.6 is 0 Å². The molecule has 0 radical (unpaired) electrons. The van der Waals surface area contributed by atoms with E-state index in [0.29, 0.717) is 11.9 Å². The minimum absolute atomic E-state index is 0.429. The van der Waals surface area contributed by atoms with Gasteiger partial charge in [-0.25, -0.2) is 0 Å². The summed E-state index contributed by atoms with van der Waals surface area (Å²) >= 11 is 0. The number of nitrogen functional groups attached to an aromatic ring is 1. The van der Waals surface area contributed by atoms with Crippen LogP contribution in [0.3, 0.4) is 0 Å². The van der Waals surface area contributed by atoms with Crippen LogP contribution in [0.4, 0.5) is 11.6 Å². The predicted octanol–water partition coefficient (Wildman–Crippen LogP) is 2.03. The second kappa shape index (κ2) is 4.64. The van der Waals surface area contributed by atoms with Crippen LogP contribution in [-0.4, -0.2) is 16.2 Å². The number of rotatable bonds is 2. The molecule has 1 aromatic heterocycles. The molecule has 0 amide bonds. The fraction of sp³-hybridized carbons (Fsp3) is 0.286. The third-order valence-corrected chi connectivity index (χ3v) is 3.38. The van der Waals surface area contributed by atoms with Crippen molar-refractivity contribution in [1.82, 2.24) is 10.2 Å². The lowest BCUT2D eigenvalue weighted by atomic mass is 9.88. The Bertz CT molecular complexity index is 536. The van der Waals surface area contributed by atoms with Gasteiger partial charge in [-0.05, 0) is 42.5 Å². The van der Waals surface area contributed by atoms with Crippen molar-refractivity contribution in [1.29, 1.82) is 0 Å². The largest absolute Gasteiger partial charge is 0.382 e. The maximum Gasteiger partial charge on any atom is 0.149 e. The lowest BCUT2D eigenvalue weighted by molar-refractivity contribution is 0.607. The van der Waals surface area contributed by atoms with Crippen molar-refractivity contribution >= 4 is 11.6 Å². The summed E-state index contributed by atoms with van der Waals surface area (Å²) in [5.41, 5.74) is 8.43. The van der Waals surface area contributed by atoms with Gasteiger partial charge in [0.25, 0.3) is 0 Å². The number of nitrogens with one attached hydrogen (secondary N) is 1. The highest BCUT2D eigenvalue weighted by Gasteiger charge is 2.18. The number of anilines is 2. The average molecular weight is 240 g/mol. The van der Waals surface area contributed by atoms with Crippen molar-refractivity contribution in [3.63, 3.8) is 0 Å². The van der Waals surface area contributed by atoms with Gasteiger partial charge in [0.05, 0.1) is 0 Å². The second-order valence-corrected chi connectivity index (χ2v) is 4.70. The summed E-state index contributed by atoms with van der Waals surface area (Å²) in [7, 11) is 0. The smallest absolute Gasteiger partial charge is 0.149 e. The number of aromatic nitrogens is 2. The van der Waals surface area contributed by atoms with Crippen molar-refractivity contribution in [2.75, 3.05) is 11.1 Å². The molecule has 1 atom stereocenters. The summed E-state index contributed by atoms with van der Waals surface area (Å²) in [6.07, 6.45) is 3.29. The molecule has 0 aliphatic heterocycles. The van der Waals surface area contributed by atoms with E-state index >= 15 is 0 Å². The van der Waals surface area contributed by atoms with E-state index in [9.17, 15) is 0 Å². The maximum absolute atomic E-state index is 5.52. The predicted molar refractivity (Wildman–Crippen MR) is 72.3 cm³/mol. The molecule has 4 heteroatoms. The van der Waals surface area contributed by atoms with Gasteiger partial charge in [-0.1, -0.05) is 24.3 Å². The molecule has 2 aromatic rings. The van der Waals surface area contributed by atoms with Crippen LogP contribution in [0, 0.1) is 0 Å². The van der Waals surface area contributed by atoms with Gasteiger partial charge in [-0.3, -0.25) is 0 Å². The summed E-state index contributed by atoms with van der Waals surface area (Å²) in [5, 5.41) is 11.3. The van der Waals surface area contributed by atoms with Crippen LogP contribution in [0.5, 0.6) is 0 Å². The standard InChI is InChI=1S/C14H16N4/c15-13-7-8-14(18-17-13)16-12-6-5-10-3-1-2-4-11(10)9-12/h1-4,7-8,12H,5-6,9H2,(H2,15,17)(H,16,18). The van der Waals surface area contributed by atoms with Crippen LogP contribution in [0.25, 0.3) is 0 Å². The van der Waals surface area contributed by atoms with Crippen molar-refractivity contribution in [2.45, 2.75) is 25.3 Å². The molecule has 0 spiro atoms. The van der Waals surface area contributed by atoms with E-state index in [4.69, 9.17) is 5.73 Å². The molecule has 1 unspecified atom stereocenters. The van der Waals surface area contributed by atoms with Gasteiger partial charge >= 0.3 is 0 Å². The van der Waals surface area contributed by atoms with E-state index in [0.717, 1.165) is 25.1 Å². The van der Waals surface area contributed by atoms with Crippen molar-refractivity contribution in [3.05, 3.63) is 47.5 Å². The Balaban J connectivity index is 1.71. The van der Waals surface area contributed by atoms with Gasteiger partial charge in [0.15, 0.2) is 0 Å². The summed E-state index contributed by atoms with van der Waals surface area (Å²) in [6.45, 7) is 0. The van der Waals surface area contributed by atoms with Crippen molar-refractivity contribution < 1.29 is 0 Å². The first-order chi connectivity index (χ1) is 8.81. The number of fused-ring (bicyclic) bond motifs is 1. The molecule has 0 bridgehead atoms. The van der Waals surface area contributed by atoms with E-state index in [-0.39, 0.29) is 0 Å². The first-order valence-electron chi connectivity index (χ1n) is 6.24. The van der Waals surface area contributed by atoms with Crippen molar-refractivity contribution in [2.24, 2.45) is 0 Å². The zero-order valence-electron chi connectivity index (χ0n) is 10.1. The van der Waals surface area contributed by atoms with Gasteiger partial charge in [0.1, 0.15) is 11.6 Å². The molecule has 18 heavy (non-hydrogen) atoms. The highest BCUT2D eigenvalue weighted by Crippen LogP contribution is 2.22. The van der Waals surface area contributed by atoms with Crippen LogP contribution in [-0.2, 0) is 12.8 Å².